The third kappa shape index (κ3) is 3.58. The van der Waals surface area contributed by atoms with Gasteiger partial charge in [0.1, 0.15) is 18.1 Å². The number of carbonyl (C=O) groups is 1. The Hall–Kier alpha value is -2.79. The SMILES string of the molecule is COc1ccc(-c2cc(COC(=O)c3ccccc3Cl)no2)cc1. The van der Waals surface area contributed by atoms with Crippen LogP contribution in [0.5, 0.6) is 5.75 Å². The van der Waals surface area contributed by atoms with Crippen LogP contribution in [0.15, 0.2) is 59.1 Å². The Bertz CT molecular complexity index is 842. The summed E-state index contributed by atoms with van der Waals surface area (Å²) >= 11 is 5.96. The van der Waals surface area contributed by atoms with E-state index >= 15 is 0 Å². The predicted octanol–water partition coefficient (Wildman–Crippen LogP) is 4.36. The molecule has 0 unspecified atom stereocenters. The van der Waals surface area contributed by atoms with Crippen LogP contribution in [0, 0.1) is 0 Å². The van der Waals surface area contributed by atoms with Crippen molar-refractivity contribution in [3.05, 3.63) is 70.9 Å². The van der Waals surface area contributed by atoms with Crippen LogP contribution in [0.1, 0.15) is 16.1 Å². The summed E-state index contributed by atoms with van der Waals surface area (Å²) in [4.78, 5) is 12.0. The van der Waals surface area contributed by atoms with Crippen molar-refractivity contribution in [1.29, 1.82) is 0 Å². The van der Waals surface area contributed by atoms with Gasteiger partial charge in [-0.1, -0.05) is 28.9 Å². The van der Waals surface area contributed by atoms with Gasteiger partial charge in [0.05, 0.1) is 17.7 Å². The summed E-state index contributed by atoms with van der Waals surface area (Å²) in [5.41, 5.74) is 1.69. The van der Waals surface area contributed by atoms with E-state index in [1.54, 1.807) is 37.4 Å². The summed E-state index contributed by atoms with van der Waals surface area (Å²) in [6, 6.07) is 15.8. The lowest BCUT2D eigenvalue weighted by Crippen LogP contribution is -2.05. The summed E-state index contributed by atoms with van der Waals surface area (Å²) in [6.45, 7) is 0.00368. The third-order valence-electron chi connectivity index (χ3n) is 3.38. The molecule has 0 radical (unpaired) electrons. The maximum atomic E-state index is 12.0. The molecule has 0 bridgehead atoms. The molecule has 0 amide bonds. The maximum absolute atomic E-state index is 12.0. The number of nitrogens with zero attached hydrogens (tertiary/aromatic N) is 1. The molecule has 0 aliphatic carbocycles. The normalized spacial score (nSPS) is 10.4. The molecular weight excluding hydrogens is 330 g/mol. The average molecular weight is 344 g/mol. The van der Waals surface area contributed by atoms with E-state index < -0.39 is 5.97 Å². The summed E-state index contributed by atoms with van der Waals surface area (Å²) in [7, 11) is 1.61. The monoisotopic (exact) mass is 343 g/mol. The fraction of sp³-hybridized carbons (Fsp3) is 0.111. The average Bonchev–Trinajstić information content (AvgIpc) is 3.09. The fourth-order valence-electron chi connectivity index (χ4n) is 2.12. The molecule has 0 fully saturated rings. The van der Waals surface area contributed by atoms with Gasteiger partial charge >= 0.3 is 5.97 Å². The first-order chi connectivity index (χ1) is 11.7. The predicted molar refractivity (Wildman–Crippen MR) is 89.1 cm³/mol. The minimum Gasteiger partial charge on any atom is -0.497 e. The van der Waals surface area contributed by atoms with Crippen molar-refractivity contribution in [1.82, 2.24) is 5.16 Å². The number of hydrogen-bond donors (Lipinski definition) is 0. The highest BCUT2D eigenvalue weighted by atomic mass is 35.5. The van der Waals surface area contributed by atoms with E-state index in [-0.39, 0.29) is 6.61 Å². The van der Waals surface area contributed by atoms with Crippen LogP contribution in [0.2, 0.25) is 5.02 Å². The van der Waals surface area contributed by atoms with Crippen molar-refractivity contribution in [2.75, 3.05) is 7.11 Å². The third-order valence-corrected chi connectivity index (χ3v) is 3.71. The molecule has 0 atom stereocenters. The van der Waals surface area contributed by atoms with Crippen LogP contribution in [0.25, 0.3) is 11.3 Å². The van der Waals surface area contributed by atoms with Crippen LogP contribution < -0.4 is 4.74 Å². The molecule has 1 aromatic heterocycles. The number of benzene rings is 2. The Morgan fingerprint density at radius 2 is 1.92 bits per heavy atom. The van der Waals surface area contributed by atoms with E-state index in [9.17, 15) is 4.79 Å². The van der Waals surface area contributed by atoms with Crippen molar-refractivity contribution in [2.45, 2.75) is 6.61 Å². The largest absolute Gasteiger partial charge is 0.497 e. The first-order valence-electron chi connectivity index (χ1n) is 7.19. The zero-order valence-electron chi connectivity index (χ0n) is 12.9. The van der Waals surface area contributed by atoms with Crippen molar-refractivity contribution >= 4 is 17.6 Å². The molecule has 3 rings (SSSR count). The molecule has 0 saturated carbocycles. The maximum Gasteiger partial charge on any atom is 0.340 e. The van der Waals surface area contributed by atoms with Crippen molar-refractivity contribution in [2.24, 2.45) is 0 Å². The Balaban J connectivity index is 1.66. The van der Waals surface area contributed by atoms with E-state index in [1.165, 1.54) is 0 Å². The molecule has 0 N–H and O–H groups in total. The second-order valence-electron chi connectivity index (χ2n) is 4.97. The smallest absolute Gasteiger partial charge is 0.340 e. The summed E-state index contributed by atoms with van der Waals surface area (Å²) in [5, 5.41) is 4.26. The van der Waals surface area contributed by atoms with Gasteiger partial charge in [0.25, 0.3) is 0 Å². The molecule has 0 aliphatic rings. The van der Waals surface area contributed by atoms with Gasteiger partial charge in [0.15, 0.2) is 5.76 Å². The van der Waals surface area contributed by atoms with Gasteiger partial charge in [0, 0.05) is 11.6 Å². The number of rotatable bonds is 5. The standard InChI is InChI=1S/C18H14ClNO4/c1-22-14-8-6-12(7-9-14)17-10-13(20-24-17)11-23-18(21)15-4-2-3-5-16(15)19/h2-10H,11H2,1H3. The molecule has 6 heteroatoms. The Morgan fingerprint density at radius 1 is 1.17 bits per heavy atom. The van der Waals surface area contributed by atoms with Gasteiger partial charge in [0.2, 0.25) is 0 Å². The Kier molecular flexibility index (Phi) is 4.82. The van der Waals surface area contributed by atoms with E-state index in [4.69, 9.17) is 25.6 Å². The van der Waals surface area contributed by atoms with Gasteiger partial charge in [-0.15, -0.1) is 0 Å². The van der Waals surface area contributed by atoms with Gasteiger partial charge < -0.3 is 14.0 Å². The molecule has 0 aliphatic heterocycles. The van der Waals surface area contributed by atoms with Crippen LogP contribution in [0.3, 0.4) is 0 Å². The number of halogens is 1. The number of methoxy groups -OCH3 is 1. The topological polar surface area (TPSA) is 61.6 Å². The van der Waals surface area contributed by atoms with E-state index in [0.29, 0.717) is 22.0 Å². The summed E-state index contributed by atoms with van der Waals surface area (Å²) < 4.78 is 15.6. The highest BCUT2D eigenvalue weighted by Gasteiger charge is 2.13. The molecule has 2 aromatic carbocycles. The number of esters is 1. The highest BCUT2D eigenvalue weighted by Crippen LogP contribution is 2.23. The van der Waals surface area contributed by atoms with Gasteiger partial charge in [-0.25, -0.2) is 4.79 Å². The van der Waals surface area contributed by atoms with Crippen LogP contribution in [-0.4, -0.2) is 18.2 Å². The lowest BCUT2D eigenvalue weighted by Gasteiger charge is -2.03. The van der Waals surface area contributed by atoms with Crippen molar-refractivity contribution in [3.63, 3.8) is 0 Å². The van der Waals surface area contributed by atoms with Gasteiger partial charge in [-0.05, 0) is 36.4 Å². The Morgan fingerprint density at radius 3 is 2.62 bits per heavy atom. The van der Waals surface area contributed by atoms with Gasteiger partial charge in [-0.3, -0.25) is 0 Å². The van der Waals surface area contributed by atoms with Crippen LogP contribution in [0.4, 0.5) is 0 Å². The van der Waals surface area contributed by atoms with E-state index in [1.807, 2.05) is 24.3 Å². The molecular formula is C18H14ClNO4. The first-order valence-corrected chi connectivity index (χ1v) is 7.57. The highest BCUT2D eigenvalue weighted by molar-refractivity contribution is 6.33. The summed E-state index contributed by atoms with van der Waals surface area (Å²) in [6.07, 6.45) is 0. The minimum absolute atomic E-state index is 0.00368. The lowest BCUT2D eigenvalue weighted by atomic mass is 10.1. The second-order valence-corrected chi connectivity index (χ2v) is 5.37. The zero-order valence-corrected chi connectivity index (χ0v) is 13.6. The zero-order chi connectivity index (χ0) is 16.9. The number of carbonyl (C=O) groups excluding carboxylic acids is 1. The molecule has 5 nitrogen and oxygen atoms in total. The first kappa shape index (κ1) is 16.1. The quantitative estimate of drug-likeness (QED) is 0.644. The number of aromatic nitrogens is 1. The number of hydrogen-bond acceptors (Lipinski definition) is 5. The van der Waals surface area contributed by atoms with Crippen molar-refractivity contribution in [3.8, 4) is 17.1 Å². The lowest BCUT2D eigenvalue weighted by molar-refractivity contribution is 0.0464. The van der Waals surface area contributed by atoms with Crippen LogP contribution >= 0.6 is 11.6 Å². The molecule has 3 aromatic rings. The second kappa shape index (κ2) is 7.19. The number of ether oxygens (including phenoxy) is 2. The molecule has 0 spiro atoms. The molecule has 24 heavy (non-hydrogen) atoms. The summed E-state index contributed by atoms with van der Waals surface area (Å²) in [5.74, 6) is 0.836. The molecule has 0 saturated heterocycles. The molecule has 122 valence electrons. The molecule has 1 heterocycles. The fourth-order valence-corrected chi connectivity index (χ4v) is 2.33. The minimum atomic E-state index is -0.505. The van der Waals surface area contributed by atoms with Gasteiger partial charge in [-0.2, -0.15) is 0 Å². The van der Waals surface area contributed by atoms with Crippen molar-refractivity contribution < 1.29 is 18.8 Å². The van der Waals surface area contributed by atoms with Crippen LogP contribution in [-0.2, 0) is 11.3 Å². The Labute approximate surface area is 143 Å². The van der Waals surface area contributed by atoms with E-state index in [0.717, 1.165) is 11.3 Å². The van der Waals surface area contributed by atoms with E-state index in [2.05, 4.69) is 5.16 Å².